The highest BCUT2D eigenvalue weighted by atomic mass is 127. The summed E-state index contributed by atoms with van der Waals surface area (Å²) in [7, 11) is 1.59. The van der Waals surface area contributed by atoms with E-state index in [1.165, 1.54) is 11.3 Å². The number of carbonyl (C=O) groups is 1. The first-order chi connectivity index (χ1) is 17.8. The standard InChI is InChI=1S/C27H24I2N2O5S/c1-5-11-36-24-19(28)12-16(13-20(24)29)14-21-25(32)31-23(17-7-9-18(34-4)10-8-17)22(26(33)35-6-2)15(3)30-27(31)37-21/h5,7-10,12-14,23H,1,6,11H2,2-4H3/b21-14+/t23-/m1/s1. The molecule has 0 radical (unpaired) electrons. The van der Waals surface area contributed by atoms with Crippen LogP contribution in [-0.2, 0) is 9.53 Å². The third-order valence-electron chi connectivity index (χ3n) is 5.61. The second-order valence-corrected chi connectivity index (χ2v) is 11.3. The molecule has 1 atom stereocenters. The van der Waals surface area contributed by atoms with Crippen molar-refractivity contribution in [2.24, 2.45) is 4.99 Å². The molecule has 7 nitrogen and oxygen atoms in total. The van der Waals surface area contributed by atoms with Gasteiger partial charge in [-0.3, -0.25) is 9.36 Å². The van der Waals surface area contributed by atoms with E-state index in [2.05, 4.69) is 56.8 Å². The Hall–Kier alpha value is -2.45. The fraction of sp³-hybridized carbons (Fsp3) is 0.222. The Bertz CT molecular complexity index is 1550. The summed E-state index contributed by atoms with van der Waals surface area (Å²) >= 11 is 5.74. The molecule has 192 valence electrons. The van der Waals surface area contributed by atoms with E-state index in [9.17, 15) is 9.59 Å². The van der Waals surface area contributed by atoms with Crippen molar-refractivity contribution in [2.45, 2.75) is 19.9 Å². The van der Waals surface area contributed by atoms with E-state index < -0.39 is 12.0 Å². The number of methoxy groups -OCH3 is 1. The van der Waals surface area contributed by atoms with Crippen LogP contribution in [0, 0.1) is 7.14 Å². The predicted molar refractivity (Wildman–Crippen MR) is 161 cm³/mol. The van der Waals surface area contributed by atoms with Gasteiger partial charge in [0.2, 0.25) is 0 Å². The van der Waals surface area contributed by atoms with Gasteiger partial charge in [-0.25, -0.2) is 9.79 Å². The Morgan fingerprint density at radius 1 is 1.22 bits per heavy atom. The van der Waals surface area contributed by atoms with Crippen LogP contribution < -0.4 is 24.4 Å². The van der Waals surface area contributed by atoms with Gasteiger partial charge in [-0.15, -0.1) is 0 Å². The molecule has 0 amide bonds. The first-order valence-corrected chi connectivity index (χ1v) is 14.3. The van der Waals surface area contributed by atoms with Gasteiger partial charge < -0.3 is 14.2 Å². The molecular formula is C27H24I2N2O5S. The Labute approximate surface area is 245 Å². The molecule has 0 aliphatic carbocycles. The number of benzene rings is 2. The minimum absolute atomic E-state index is 0.221. The maximum Gasteiger partial charge on any atom is 0.338 e. The van der Waals surface area contributed by atoms with E-state index in [-0.39, 0.29) is 12.2 Å². The molecule has 0 bridgehead atoms. The van der Waals surface area contributed by atoms with Gasteiger partial charge in [0, 0.05) is 0 Å². The third-order valence-corrected chi connectivity index (χ3v) is 8.20. The molecule has 0 fully saturated rings. The lowest BCUT2D eigenvalue weighted by Crippen LogP contribution is -2.39. The van der Waals surface area contributed by atoms with Crippen molar-refractivity contribution in [1.82, 2.24) is 4.57 Å². The van der Waals surface area contributed by atoms with Crippen molar-refractivity contribution in [3.63, 3.8) is 0 Å². The van der Waals surface area contributed by atoms with Gasteiger partial charge in [-0.1, -0.05) is 36.1 Å². The second-order valence-electron chi connectivity index (χ2n) is 7.99. The fourth-order valence-corrected chi connectivity index (χ4v) is 7.16. The molecule has 1 aromatic heterocycles. The number of esters is 1. The Balaban J connectivity index is 1.88. The van der Waals surface area contributed by atoms with Gasteiger partial charge in [0.25, 0.3) is 5.56 Å². The molecule has 10 heteroatoms. The molecule has 1 aliphatic heterocycles. The topological polar surface area (TPSA) is 79.1 Å². The highest BCUT2D eigenvalue weighted by molar-refractivity contribution is 14.1. The SMILES string of the molecule is C=CCOc1c(I)cc(/C=c2/sc3n(c2=O)[C@H](c2ccc(OC)cc2)C(C(=O)OCC)=C(C)N=3)cc1I. The lowest BCUT2D eigenvalue weighted by atomic mass is 9.96. The number of rotatable bonds is 8. The summed E-state index contributed by atoms with van der Waals surface area (Å²) < 4.78 is 20.4. The Morgan fingerprint density at radius 2 is 1.89 bits per heavy atom. The monoisotopic (exact) mass is 742 g/mol. The lowest BCUT2D eigenvalue weighted by Gasteiger charge is -2.24. The molecule has 0 N–H and O–H groups in total. The van der Waals surface area contributed by atoms with E-state index in [0.29, 0.717) is 33.0 Å². The van der Waals surface area contributed by atoms with Crippen LogP contribution in [0.5, 0.6) is 11.5 Å². The molecule has 1 aliphatic rings. The normalized spacial score (nSPS) is 15.2. The van der Waals surface area contributed by atoms with Crippen molar-refractivity contribution in [2.75, 3.05) is 20.3 Å². The average Bonchev–Trinajstić information content (AvgIpc) is 3.17. The minimum atomic E-state index is -0.668. The molecule has 0 unspecified atom stereocenters. The van der Waals surface area contributed by atoms with Crippen molar-refractivity contribution < 1.29 is 19.0 Å². The summed E-state index contributed by atoms with van der Waals surface area (Å²) in [5.74, 6) is 0.978. The van der Waals surface area contributed by atoms with Crippen LogP contribution in [0.25, 0.3) is 6.08 Å². The van der Waals surface area contributed by atoms with Gasteiger partial charge in [-0.2, -0.15) is 0 Å². The van der Waals surface area contributed by atoms with Crippen molar-refractivity contribution >= 4 is 68.6 Å². The second kappa shape index (κ2) is 11.9. The molecule has 2 heterocycles. The number of hydrogen-bond acceptors (Lipinski definition) is 7. The Morgan fingerprint density at radius 3 is 2.49 bits per heavy atom. The quantitative estimate of drug-likeness (QED) is 0.192. The molecule has 0 spiro atoms. The number of allylic oxidation sites excluding steroid dienone is 1. The first kappa shape index (κ1) is 27.6. The zero-order valence-electron chi connectivity index (χ0n) is 20.4. The molecular weight excluding hydrogens is 718 g/mol. The maximum atomic E-state index is 13.8. The summed E-state index contributed by atoms with van der Waals surface area (Å²) in [6, 6.07) is 10.6. The number of halogens is 2. The van der Waals surface area contributed by atoms with Crippen LogP contribution in [0.15, 0.2) is 70.1 Å². The molecule has 2 aromatic carbocycles. The zero-order chi connectivity index (χ0) is 26.7. The van der Waals surface area contributed by atoms with Gasteiger partial charge >= 0.3 is 5.97 Å². The number of nitrogens with zero attached hydrogens (tertiary/aromatic N) is 2. The maximum absolute atomic E-state index is 13.8. The summed E-state index contributed by atoms with van der Waals surface area (Å²) in [5, 5.41) is 0. The summed E-state index contributed by atoms with van der Waals surface area (Å²) in [6.07, 6.45) is 3.55. The smallest absolute Gasteiger partial charge is 0.338 e. The Kier molecular flexibility index (Phi) is 8.90. The number of ether oxygens (including phenoxy) is 3. The molecule has 0 saturated carbocycles. The van der Waals surface area contributed by atoms with Gasteiger partial charge in [0.1, 0.15) is 18.1 Å². The van der Waals surface area contributed by atoms with Crippen LogP contribution in [0.3, 0.4) is 0 Å². The van der Waals surface area contributed by atoms with Crippen LogP contribution in [0.1, 0.15) is 31.0 Å². The van der Waals surface area contributed by atoms with Crippen molar-refractivity contribution in [1.29, 1.82) is 0 Å². The summed E-state index contributed by atoms with van der Waals surface area (Å²) in [5.41, 5.74) is 2.28. The van der Waals surface area contributed by atoms with Crippen LogP contribution in [0.4, 0.5) is 0 Å². The number of hydrogen-bond donors (Lipinski definition) is 0. The van der Waals surface area contributed by atoms with E-state index in [0.717, 1.165) is 24.0 Å². The van der Waals surface area contributed by atoms with Crippen molar-refractivity contribution in [3.05, 3.63) is 98.3 Å². The molecule has 0 saturated heterocycles. The van der Waals surface area contributed by atoms with E-state index in [4.69, 9.17) is 14.2 Å². The van der Waals surface area contributed by atoms with Crippen LogP contribution >= 0.6 is 56.5 Å². The minimum Gasteiger partial charge on any atom is -0.497 e. The molecule has 4 rings (SSSR count). The average molecular weight is 742 g/mol. The highest BCUT2D eigenvalue weighted by Crippen LogP contribution is 2.32. The molecule has 3 aromatic rings. The first-order valence-electron chi connectivity index (χ1n) is 11.3. The highest BCUT2D eigenvalue weighted by Gasteiger charge is 2.33. The van der Waals surface area contributed by atoms with Crippen LogP contribution in [-0.4, -0.2) is 30.9 Å². The summed E-state index contributed by atoms with van der Waals surface area (Å²) in [4.78, 5) is 31.9. The van der Waals surface area contributed by atoms with Crippen LogP contribution in [0.2, 0.25) is 0 Å². The predicted octanol–water partition coefficient (Wildman–Crippen LogP) is 4.58. The largest absolute Gasteiger partial charge is 0.497 e. The van der Waals surface area contributed by atoms with E-state index in [1.807, 2.05) is 42.5 Å². The number of thiazole rings is 1. The van der Waals surface area contributed by atoms with Crippen molar-refractivity contribution in [3.8, 4) is 11.5 Å². The third kappa shape index (κ3) is 5.70. The van der Waals surface area contributed by atoms with Gasteiger partial charge in [0.15, 0.2) is 4.80 Å². The number of aromatic nitrogens is 1. The van der Waals surface area contributed by atoms with E-state index in [1.54, 1.807) is 31.6 Å². The molecule has 37 heavy (non-hydrogen) atoms. The lowest BCUT2D eigenvalue weighted by molar-refractivity contribution is -0.139. The van der Waals surface area contributed by atoms with E-state index >= 15 is 0 Å². The summed E-state index contributed by atoms with van der Waals surface area (Å²) in [6.45, 7) is 7.86. The van der Waals surface area contributed by atoms with Gasteiger partial charge in [0.05, 0.1) is 42.7 Å². The zero-order valence-corrected chi connectivity index (χ0v) is 25.5. The van der Waals surface area contributed by atoms with Gasteiger partial charge in [-0.05, 0) is 100 Å². The fourth-order valence-electron chi connectivity index (χ4n) is 3.99. The number of fused-ring (bicyclic) bond motifs is 1. The number of carbonyl (C=O) groups excluding carboxylic acids is 1.